The van der Waals surface area contributed by atoms with E-state index < -0.39 is 0 Å². The number of rotatable bonds is 12. The Bertz CT molecular complexity index is 5380. The SMILES string of the molecule is c1ccc(-c2ccc(N(c3ccc(-c4ccccc4)cc3)c3cc4c5c(c3)N(c3ccccc3)c3ccccc3B5c3cc5c(cc3S4)N(c3ccccc3-c3ccccc3)c3cc(N(c4ccccc4)c4ccccc4)cc4c3B5c3ccccc3N4c3ccccc3)cc2)cc1. The quantitative estimate of drug-likeness (QED) is 0.113. The lowest BCUT2D eigenvalue weighted by atomic mass is 9.31. The van der Waals surface area contributed by atoms with Crippen LogP contribution in [0.5, 0.6) is 0 Å². The fraction of sp³-hybridized carbons (Fsp3) is 0. The average Bonchev–Trinajstić information content (AvgIpc) is 0.690. The predicted octanol–water partition coefficient (Wildman–Crippen LogP) is 20.5. The number of anilines is 15. The summed E-state index contributed by atoms with van der Waals surface area (Å²) in [4.78, 5) is 15.0. The highest BCUT2D eigenvalue weighted by molar-refractivity contribution is 8.00. The average molecular weight is 1270 g/mol. The van der Waals surface area contributed by atoms with Crippen LogP contribution in [0.15, 0.2) is 380 Å². The number of hydrogen-bond acceptors (Lipinski definition) is 6. The van der Waals surface area contributed by atoms with Crippen LogP contribution in [0, 0.1) is 0 Å². The minimum absolute atomic E-state index is 0.117. The van der Waals surface area contributed by atoms with E-state index in [2.05, 4.69) is 395 Å². The summed E-state index contributed by atoms with van der Waals surface area (Å²) in [5.74, 6) is 0. The summed E-state index contributed by atoms with van der Waals surface area (Å²) in [5.41, 5.74) is 31.4. The van der Waals surface area contributed by atoms with E-state index in [0.717, 1.165) is 90.8 Å². The molecule has 15 aromatic rings. The van der Waals surface area contributed by atoms with Crippen LogP contribution in [0.4, 0.5) is 85.3 Å². The van der Waals surface area contributed by atoms with Crippen LogP contribution in [0.1, 0.15) is 0 Å². The monoisotopic (exact) mass is 1270 g/mol. The van der Waals surface area contributed by atoms with Crippen molar-refractivity contribution in [2.75, 3.05) is 24.5 Å². The van der Waals surface area contributed by atoms with Crippen LogP contribution in [-0.2, 0) is 0 Å². The summed E-state index contributed by atoms with van der Waals surface area (Å²) < 4.78 is 0. The van der Waals surface area contributed by atoms with Gasteiger partial charge in [-0.15, -0.1) is 0 Å². The molecule has 0 unspecified atom stereocenters. The molecule has 0 fully saturated rings. The third-order valence-electron chi connectivity index (χ3n) is 20.0. The Balaban J connectivity index is 0.881. The van der Waals surface area contributed by atoms with Crippen molar-refractivity contribution in [1.82, 2.24) is 0 Å². The number of hydrogen-bond donors (Lipinski definition) is 0. The molecule has 98 heavy (non-hydrogen) atoms. The van der Waals surface area contributed by atoms with Gasteiger partial charge in [0.1, 0.15) is 0 Å². The molecule has 458 valence electrons. The van der Waals surface area contributed by atoms with E-state index in [0.29, 0.717) is 0 Å². The van der Waals surface area contributed by atoms with Crippen molar-refractivity contribution in [3.8, 4) is 33.4 Å². The van der Waals surface area contributed by atoms with Gasteiger partial charge < -0.3 is 24.5 Å². The van der Waals surface area contributed by atoms with E-state index >= 15 is 0 Å². The van der Waals surface area contributed by atoms with Gasteiger partial charge in [-0.2, -0.15) is 0 Å². The van der Waals surface area contributed by atoms with Gasteiger partial charge in [0.2, 0.25) is 6.71 Å². The Morgan fingerprint density at radius 1 is 0.214 bits per heavy atom. The Labute approximate surface area is 577 Å². The summed E-state index contributed by atoms with van der Waals surface area (Å²) in [6, 6.07) is 137. The zero-order valence-electron chi connectivity index (χ0n) is 53.5. The first-order valence-electron chi connectivity index (χ1n) is 33.7. The second-order valence-electron chi connectivity index (χ2n) is 25.5. The summed E-state index contributed by atoms with van der Waals surface area (Å²) in [6.07, 6.45) is 0. The van der Waals surface area contributed by atoms with Gasteiger partial charge in [0.25, 0.3) is 6.71 Å². The zero-order valence-corrected chi connectivity index (χ0v) is 54.3. The standard InChI is InChI=1S/C90H61B2N5S/c1-8-28-62(29-9-1)64-48-52-71(53-49-64)94(72-54-50-65(51-55-72)63-30-10-2-11-31-63)74-58-86-90-88(59-74)98-87-61-83-78(60-79(87)92(90)77-44-24-27-47-82(77)96(86)70-40-20-7-21-41-70)91-76-43-23-26-46-81(76)95(69-38-18-6-19-39-69)84-56-73(93(67-34-14-4-15-35-67)68-36-16-5-17-37-68)57-85(89(84)91)97(83)80-45-25-22-42-75(80)66-32-12-3-13-33-66/h1-61H. The second kappa shape index (κ2) is 23.9. The van der Waals surface area contributed by atoms with Crippen LogP contribution in [0.3, 0.4) is 0 Å². The highest BCUT2D eigenvalue weighted by atomic mass is 32.2. The first-order chi connectivity index (χ1) is 48.6. The van der Waals surface area contributed by atoms with Gasteiger partial charge in [-0.05, 0) is 176 Å². The molecule has 0 saturated carbocycles. The molecule has 15 aromatic carbocycles. The Hall–Kier alpha value is -12.2. The molecule has 0 spiro atoms. The molecule has 4 aliphatic heterocycles. The van der Waals surface area contributed by atoms with Crippen LogP contribution >= 0.6 is 11.8 Å². The fourth-order valence-corrected chi connectivity index (χ4v) is 17.0. The molecule has 0 amide bonds. The topological polar surface area (TPSA) is 16.2 Å². The third-order valence-corrected chi connectivity index (χ3v) is 21.1. The molecular weight excluding hydrogens is 1200 g/mol. The van der Waals surface area contributed by atoms with Crippen molar-refractivity contribution >= 4 is 143 Å². The molecule has 0 aromatic heterocycles. The second-order valence-corrected chi connectivity index (χ2v) is 26.6. The van der Waals surface area contributed by atoms with Crippen molar-refractivity contribution in [2.24, 2.45) is 0 Å². The summed E-state index contributed by atoms with van der Waals surface area (Å²) in [7, 11) is 0. The number of nitrogens with zero attached hydrogens (tertiary/aromatic N) is 5. The van der Waals surface area contributed by atoms with Crippen molar-refractivity contribution < 1.29 is 0 Å². The molecule has 0 saturated heterocycles. The van der Waals surface area contributed by atoms with E-state index in [1.807, 2.05) is 11.8 Å². The molecular formula is C90H61B2N5S. The van der Waals surface area contributed by atoms with Gasteiger partial charge in [-0.3, -0.25) is 0 Å². The highest BCUT2D eigenvalue weighted by Gasteiger charge is 2.48. The zero-order chi connectivity index (χ0) is 64.6. The van der Waals surface area contributed by atoms with Crippen LogP contribution in [-0.4, -0.2) is 13.4 Å². The van der Waals surface area contributed by atoms with Gasteiger partial charge in [0.05, 0.1) is 11.4 Å². The Morgan fingerprint density at radius 2 is 0.582 bits per heavy atom. The molecule has 0 bridgehead atoms. The van der Waals surface area contributed by atoms with Gasteiger partial charge >= 0.3 is 0 Å². The maximum absolute atomic E-state index is 2.64. The first kappa shape index (κ1) is 57.2. The number of para-hydroxylation sites is 7. The van der Waals surface area contributed by atoms with E-state index in [-0.39, 0.29) is 13.4 Å². The molecule has 4 heterocycles. The normalized spacial score (nSPS) is 12.8. The Kier molecular flexibility index (Phi) is 14.0. The highest BCUT2D eigenvalue weighted by Crippen LogP contribution is 2.52. The van der Waals surface area contributed by atoms with Gasteiger partial charge in [-0.1, -0.05) is 266 Å². The minimum Gasteiger partial charge on any atom is -0.311 e. The maximum Gasteiger partial charge on any atom is 0.252 e. The van der Waals surface area contributed by atoms with Crippen molar-refractivity contribution in [3.05, 3.63) is 370 Å². The predicted molar refractivity (Wildman–Crippen MR) is 416 cm³/mol. The lowest BCUT2D eigenvalue weighted by Crippen LogP contribution is -2.64. The lowest BCUT2D eigenvalue weighted by molar-refractivity contribution is 1.22. The van der Waals surface area contributed by atoms with E-state index in [1.54, 1.807) is 0 Å². The van der Waals surface area contributed by atoms with E-state index in [1.165, 1.54) is 70.5 Å². The van der Waals surface area contributed by atoms with Crippen LogP contribution in [0.25, 0.3) is 33.4 Å². The number of benzene rings is 15. The minimum atomic E-state index is -0.157. The molecule has 0 radical (unpaired) electrons. The first-order valence-corrected chi connectivity index (χ1v) is 34.5. The van der Waals surface area contributed by atoms with Gasteiger partial charge in [-0.25, -0.2) is 0 Å². The van der Waals surface area contributed by atoms with Crippen molar-refractivity contribution in [3.63, 3.8) is 0 Å². The van der Waals surface area contributed by atoms with Gasteiger partial charge in [0.15, 0.2) is 0 Å². The molecule has 5 nitrogen and oxygen atoms in total. The molecule has 8 heteroatoms. The summed E-state index contributed by atoms with van der Waals surface area (Å²) in [6.45, 7) is -0.274. The number of fused-ring (bicyclic) bond motifs is 8. The van der Waals surface area contributed by atoms with E-state index in [9.17, 15) is 0 Å². The molecule has 19 rings (SSSR count). The summed E-state index contributed by atoms with van der Waals surface area (Å²) in [5, 5.41) is 0. The van der Waals surface area contributed by atoms with E-state index in [4.69, 9.17) is 0 Å². The van der Waals surface area contributed by atoms with Crippen LogP contribution in [0.2, 0.25) is 0 Å². The lowest BCUT2D eigenvalue weighted by Gasteiger charge is -2.46. The largest absolute Gasteiger partial charge is 0.311 e. The van der Waals surface area contributed by atoms with Crippen molar-refractivity contribution in [1.29, 1.82) is 0 Å². The smallest absolute Gasteiger partial charge is 0.252 e. The van der Waals surface area contributed by atoms with Gasteiger partial charge in [0, 0.05) is 89.3 Å². The van der Waals surface area contributed by atoms with Crippen LogP contribution < -0.4 is 57.3 Å². The molecule has 0 N–H and O–H groups in total. The summed E-state index contributed by atoms with van der Waals surface area (Å²) >= 11 is 1.91. The maximum atomic E-state index is 2.64. The molecule has 4 aliphatic rings. The third kappa shape index (κ3) is 9.58. The molecule has 0 atom stereocenters. The fourth-order valence-electron chi connectivity index (χ4n) is 15.8. The molecule has 0 aliphatic carbocycles. The van der Waals surface area contributed by atoms with Crippen molar-refractivity contribution in [2.45, 2.75) is 9.79 Å². The Morgan fingerprint density at radius 3 is 1.08 bits per heavy atom.